The van der Waals surface area contributed by atoms with Crippen molar-refractivity contribution in [3.63, 3.8) is 0 Å². The van der Waals surface area contributed by atoms with Crippen molar-refractivity contribution in [2.45, 2.75) is 26.4 Å². The summed E-state index contributed by atoms with van der Waals surface area (Å²) in [5.41, 5.74) is 3.40. The van der Waals surface area contributed by atoms with E-state index in [0.717, 1.165) is 17.8 Å². The zero-order valence-electron chi connectivity index (χ0n) is 10.2. The molecule has 2 aromatic rings. The zero-order valence-corrected chi connectivity index (χ0v) is 11.0. The van der Waals surface area contributed by atoms with E-state index >= 15 is 0 Å². The number of nitrogens with zero attached hydrogens (tertiary/aromatic N) is 1. The van der Waals surface area contributed by atoms with Gasteiger partial charge in [0.15, 0.2) is 0 Å². The van der Waals surface area contributed by atoms with E-state index in [1.165, 1.54) is 10.9 Å². The van der Waals surface area contributed by atoms with Gasteiger partial charge in [-0.05, 0) is 31.5 Å². The summed E-state index contributed by atoms with van der Waals surface area (Å²) in [6.45, 7) is 4.95. The van der Waals surface area contributed by atoms with E-state index in [1.807, 2.05) is 19.1 Å². The molecule has 17 heavy (non-hydrogen) atoms. The summed E-state index contributed by atoms with van der Waals surface area (Å²) in [5, 5.41) is 4.62. The van der Waals surface area contributed by atoms with Gasteiger partial charge in [-0.25, -0.2) is 0 Å². The Labute approximate surface area is 107 Å². The number of hydrogen-bond donors (Lipinski definition) is 1. The predicted octanol–water partition coefficient (Wildman–Crippen LogP) is 3.26. The molecule has 0 bridgehead atoms. The minimum absolute atomic E-state index is 0.323. The van der Waals surface area contributed by atoms with Crippen molar-refractivity contribution in [2.75, 3.05) is 5.88 Å². The molecular weight excluding hydrogens is 232 g/mol. The van der Waals surface area contributed by atoms with E-state index in [4.69, 9.17) is 11.6 Å². The highest BCUT2D eigenvalue weighted by Crippen LogP contribution is 2.18. The molecule has 0 spiro atoms. The number of rotatable bonds is 4. The van der Waals surface area contributed by atoms with E-state index in [0.29, 0.717) is 11.9 Å². The third-order valence-electron chi connectivity index (χ3n) is 2.80. The van der Waals surface area contributed by atoms with Gasteiger partial charge in [-0.2, -0.15) is 0 Å². The van der Waals surface area contributed by atoms with E-state index in [-0.39, 0.29) is 0 Å². The third-order valence-corrected chi connectivity index (χ3v) is 3.27. The summed E-state index contributed by atoms with van der Waals surface area (Å²) in [5.74, 6) is 0.627. The van der Waals surface area contributed by atoms with Crippen LogP contribution < -0.4 is 5.32 Å². The highest BCUT2D eigenvalue weighted by atomic mass is 35.5. The summed E-state index contributed by atoms with van der Waals surface area (Å²) in [6.07, 6.45) is 0. The average molecular weight is 249 g/mol. The van der Waals surface area contributed by atoms with E-state index < -0.39 is 0 Å². The van der Waals surface area contributed by atoms with Crippen molar-refractivity contribution < 1.29 is 0 Å². The summed E-state index contributed by atoms with van der Waals surface area (Å²) in [6, 6.07) is 10.7. The summed E-state index contributed by atoms with van der Waals surface area (Å²) >= 11 is 5.79. The Morgan fingerprint density at radius 1 is 1.35 bits per heavy atom. The van der Waals surface area contributed by atoms with E-state index in [9.17, 15) is 0 Å². The van der Waals surface area contributed by atoms with Gasteiger partial charge >= 0.3 is 0 Å². The Morgan fingerprint density at radius 2 is 2.12 bits per heavy atom. The SMILES string of the molecule is Cc1cc(CNC(C)CCl)c2ccccc2n1. The first-order chi connectivity index (χ1) is 8.20. The van der Waals surface area contributed by atoms with Crippen LogP contribution in [0.15, 0.2) is 30.3 Å². The molecule has 0 radical (unpaired) electrons. The smallest absolute Gasteiger partial charge is 0.0708 e. The van der Waals surface area contributed by atoms with E-state index in [1.54, 1.807) is 0 Å². The van der Waals surface area contributed by atoms with Crippen LogP contribution in [-0.2, 0) is 6.54 Å². The Bertz CT molecular complexity index is 511. The largest absolute Gasteiger partial charge is 0.309 e. The maximum absolute atomic E-state index is 5.79. The topological polar surface area (TPSA) is 24.9 Å². The van der Waals surface area contributed by atoms with Crippen LogP contribution in [0.2, 0.25) is 0 Å². The second-order valence-electron chi connectivity index (χ2n) is 4.38. The summed E-state index contributed by atoms with van der Waals surface area (Å²) < 4.78 is 0. The maximum atomic E-state index is 5.79. The monoisotopic (exact) mass is 248 g/mol. The molecule has 0 aliphatic heterocycles. The average Bonchev–Trinajstić information content (AvgIpc) is 2.35. The molecule has 0 fully saturated rings. The quantitative estimate of drug-likeness (QED) is 0.841. The lowest BCUT2D eigenvalue weighted by Crippen LogP contribution is -2.26. The van der Waals surface area contributed by atoms with Crippen LogP contribution in [-0.4, -0.2) is 16.9 Å². The first kappa shape index (κ1) is 12.3. The third kappa shape index (κ3) is 2.96. The van der Waals surface area contributed by atoms with Gasteiger partial charge in [-0.1, -0.05) is 18.2 Å². The van der Waals surface area contributed by atoms with Gasteiger partial charge in [-0.3, -0.25) is 4.98 Å². The minimum atomic E-state index is 0.323. The van der Waals surface area contributed by atoms with Crippen LogP contribution >= 0.6 is 11.6 Å². The number of aromatic nitrogens is 1. The van der Waals surface area contributed by atoms with Crippen LogP contribution in [0.3, 0.4) is 0 Å². The molecular formula is C14H17ClN2. The van der Waals surface area contributed by atoms with Crippen molar-refractivity contribution in [3.8, 4) is 0 Å². The van der Waals surface area contributed by atoms with Gasteiger partial charge in [0.25, 0.3) is 0 Å². The molecule has 90 valence electrons. The van der Waals surface area contributed by atoms with E-state index in [2.05, 4.69) is 35.4 Å². The molecule has 2 nitrogen and oxygen atoms in total. The molecule has 0 saturated carbocycles. The molecule has 1 heterocycles. The molecule has 1 atom stereocenters. The molecule has 3 heteroatoms. The molecule has 0 saturated heterocycles. The van der Waals surface area contributed by atoms with Gasteiger partial charge < -0.3 is 5.32 Å². The predicted molar refractivity (Wildman–Crippen MR) is 73.5 cm³/mol. The van der Waals surface area contributed by atoms with Gasteiger partial charge in [-0.15, -0.1) is 11.6 Å². The maximum Gasteiger partial charge on any atom is 0.0708 e. The number of halogens is 1. The molecule has 0 aliphatic rings. The van der Waals surface area contributed by atoms with Crippen LogP contribution in [0.5, 0.6) is 0 Å². The second-order valence-corrected chi connectivity index (χ2v) is 4.68. The number of alkyl halides is 1. The number of pyridine rings is 1. The lowest BCUT2D eigenvalue weighted by Gasteiger charge is -2.12. The first-order valence-electron chi connectivity index (χ1n) is 5.85. The zero-order chi connectivity index (χ0) is 12.3. The first-order valence-corrected chi connectivity index (χ1v) is 6.39. The molecule has 0 amide bonds. The van der Waals surface area contributed by atoms with Crippen molar-refractivity contribution in [1.29, 1.82) is 0 Å². The number of fused-ring (bicyclic) bond motifs is 1. The second kappa shape index (κ2) is 5.48. The fraction of sp³-hybridized carbons (Fsp3) is 0.357. The molecule has 1 aromatic carbocycles. The van der Waals surface area contributed by atoms with Crippen molar-refractivity contribution >= 4 is 22.5 Å². The molecule has 1 aromatic heterocycles. The van der Waals surface area contributed by atoms with Crippen LogP contribution in [0, 0.1) is 6.92 Å². The number of benzene rings is 1. The number of hydrogen-bond acceptors (Lipinski definition) is 2. The van der Waals surface area contributed by atoms with Gasteiger partial charge in [0.1, 0.15) is 0 Å². The Balaban J connectivity index is 2.32. The Kier molecular flexibility index (Phi) is 3.97. The molecule has 1 N–H and O–H groups in total. The van der Waals surface area contributed by atoms with Gasteiger partial charge in [0, 0.05) is 29.5 Å². The minimum Gasteiger partial charge on any atom is -0.309 e. The summed E-state index contributed by atoms with van der Waals surface area (Å²) in [7, 11) is 0. The standard InChI is InChI=1S/C14H17ClN2/c1-10-7-12(9-16-11(2)8-15)13-5-3-4-6-14(13)17-10/h3-7,11,16H,8-9H2,1-2H3. The van der Waals surface area contributed by atoms with Gasteiger partial charge in [0.05, 0.1) is 5.52 Å². The fourth-order valence-corrected chi connectivity index (χ4v) is 1.99. The van der Waals surface area contributed by atoms with Crippen molar-refractivity contribution in [1.82, 2.24) is 10.3 Å². The van der Waals surface area contributed by atoms with Gasteiger partial charge in [0.2, 0.25) is 0 Å². The summed E-state index contributed by atoms with van der Waals surface area (Å²) in [4.78, 5) is 4.53. The highest BCUT2D eigenvalue weighted by Gasteiger charge is 2.05. The van der Waals surface area contributed by atoms with Crippen molar-refractivity contribution in [3.05, 3.63) is 41.6 Å². The van der Waals surface area contributed by atoms with Crippen LogP contribution in [0.25, 0.3) is 10.9 Å². The number of aryl methyl sites for hydroxylation is 1. The van der Waals surface area contributed by atoms with Crippen molar-refractivity contribution in [2.24, 2.45) is 0 Å². The Hall–Kier alpha value is -1.12. The molecule has 1 unspecified atom stereocenters. The number of para-hydroxylation sites is 1. The van der Waals surface area contributed by atoms with Crippen LogP contribution in [0.4, 0.5) is 0 Å². The molecule has 0 aliphatic carbocycles. The lowest BCUT2D eigenvalue weighted by molar-refractivity contribution is 0.595. The Morgan fingerprint density at radius 3 is 2.88 bits per heavy atom. The number of nitrogens with one attached hydrogen (secondary N) is 1. The fourth-order valence-electron chi connectivity index (χ4n) is 1.88. The van der Waals surface area contributed by atoms with Crippen LogP contribution in [0.1, 0.15) is 18.2 Å². The lowest BCUT2D eigenvalue weighted by atomic mass is 10.1. The highest BCUT2D eigenvalue weighted by molar-refractivity contribution is 6.18. The molecule has 2 rings (SSSR count). The normalized spacial score (nSPS) is 12.9.